The van der Waals surface area contributed by atoms with Crippen LogP contribution in [-0.4, -0.2) is 39.4 Å². The molecule has 0 saturated heterocycles. The molecule has 0 aliphatic carbocycles. The van der Waals surface area contributed by atoms with Crippen LogP contribution in [0.4, 0.5) is 5.69 Å². The monoisotopic (exact) mass is 319 g/mol. The third kappa shape index (κ3) is 6.09. The van der Waals surface area contributed by atoms with Crippen molar-refractivity contribution in [1.29, 1.82) is 0 Å². The van der Waals surface area contributed by atoms with Gasteiger partial charge in [-0.15, -0.1) is 0 Å². The van der Waals surface area contributed by atoms with E-state index < -0.39 is 10.2 Å². The molecular formula is C13H22ClN3O2S. The molecule has 7 heteroatoms. The smallest absolute Gasteiger partial charge is 0.301 e. The minimum Gasteiger partial charge on any atom is -0.317 e. The molecule has 0 unspecified atom stereocenters. The molecule has 0 bridgehead atoms. The van der Waals surface area contributed by atoms with Gasteiger partial charge < -0.3 is 5.32 Å². The van der Waals surface area contributed by atoms with E-state index in [9.17, 15) is 8.42 Å². The minimum absolute atomic E-state index is 0.472. The van der Waals surface area contributed by atoms with E-state index in [0.717, 1.165) is 25.9 Å². The molecule has 1 aromatic carbocycles. The molecule has 0 spiro atoms. The number of nitrogens with one attached hydrogen (secondary N) is 2. The summed E-state index contributed by atoms with van der Waals surface area (Å²) in [4.78, 5) is 0. The Balaban J connectivity index is 2.44. The zero-order valence-electron chi connectivity index (χ0n) is 11.9. The highest BCUT2D eigenvalue weighted by atomic mass is 35.5. The zero-order valence-corrected chi connectivity index (χ0v) is 13.5. The molecule has 2 N–H and O–H groups in total. The molecule has 20 heavy (non-hydrogen) atoms. The molecule has 0 aromatic heterocycles. The van der Waals surface area contributed by atoms with Gasteiger partial charge in [-0.3, -0.25) is 4.72 Å². The van der Waals surface area contributed by atoms with Crippen molar-refractivity contribution in [3.05, 3.63) is 29.3 Å². The van der Waals surface area contributed by atoms with Crippen molar-refractivity contribution in [1.82, 2.24) is 9.62 Å². The lowest BCUT2D eigenvalue weighted by atomic mass is 10.3. The van der Waals surface area contributed by atoms with E-state index in [4.69, 9.17) is 11.6 Å². The van der Waals surface area contributed by atoms with Crippen LogP contribution in [0.25, 0.3) is 0 Å². The number of benzene rings is 1. The van der Waals surface area contributed by atoms with Gasteiger partial charge in [0, 0.05) is 24.3 Å². The maximum atomic E-state index is 12.1. The van der Waals surface area contributed by atoms with Crippen LogP contribution < -0.4 is 10.0 Å². The Kier molecular flexibility index (Phi) is 7.29. The summed E-state index contributed by atoms with van der Waals surface area (Å²) in [6, 6.07) is 6.56. The summed E-state index contributed by atoms with van der Waals surface area (Å²) in [7, 11) is -1.94. The van der Waals surface area contributed by atoms with Gasteiger partial charge in [-0.05, 0) is 50.2 Å². The van der Waals surface area contributed by atoms with Gasteiger partial charge in [0.2, 0.25) is 0 Å². The van der Waals surface area contributed by atoms with E-state index in [-0.39, 0.29) is 0 Å². The minimum atomic E-state index is -3.51. The van der Waals surface area contributed by atoms with Gasteiger partial charge in [-0.25, -0.2) is 0 Å². The average Bonchev–Trinajstić information content (AvgIpc) is 2.40. The summed E-state index contributed by atoms with van der Waals surface area (Å²) in [6.07, 6.45) is 1.85. The summed E-state index contributed by atoms with van der Waals surface area (Å²) in [5.41, 5.74) is 0.505. The molecule has 1 aromatic rings. The van der Waals surface area contributed by atoms with E-state index in [2.05, 4.69) is 17.0 Å². The molecule has 0 aliphatic rings. The van der Waals surface area contributed by atoms with Crippen molar-refractivity contribution >= 4 is 27.5 Å². The largest absolute Gasteiger partial charge is 0.317 e. The van der Waals surface area contributed by atoms with Gasteiger partial charge in [0.1, 0.15) is 0 Å². The van der Waals surface area contributed by atoms with Gasteiger partial charge in [-0.1, -0.05) is 18.5 Å². The molecule has 0 amide bonds. The van der Waals surface area contributed by atoms with Crippen molar-refractivity contribution in [3.63, 3.8) is 0 Å². The quantitative estimate of drug-likeness (QED) is 0.687. The molecule has 0 aliphatic heterocycles. The Morgan fingerprint density at radius 3 is 2.45 bits per heavy atom. The van der Waals surface area contributed by atoms with Crippen LogP contribution in [-0.2, 0) is 10.2 Å². The summed E-state index contributed by atoms with van der Waals surface area (Å²) < 4.78 is 28.0. The van der Waals surface area contributed by atoms with Gasteiger partial charge in [-0.2, -0.15) is 12.7 Å². The number of rotatable bonds is 9. The molecule has 0 radical (unpaired) electrons. The Bertz CT molecular complexity index is 491. The molecule has 5 nitrogen and oxygen atoms in total. The Morgan fingerprint density at radius 1 is 1.20 bits per heavy atom. The van der Waals surface area contributed by atoms with Crippen LogP contribution in [0, 0.1) is 0 Å². The molecule has 114 valence electrons. The highest BCUT2D eigenvalue weighted by molar-refractivity contribution is 7.90. The Hall–Kier alpha value is -0.820. The van der Waals surface area contributed by atoms with E-state index >= 15 is 0 Å². The fourth-order valence-corrected chi connectivity index (χ4v) is 2.68. The first-order valence-electron chi connectivity index (χ1n) is 6.66. The number of hydrogen-bond donors (Lipinski definition) is 2. The van der Waals surface area contributed by atoms with Gasteiger partial charge >= 0.3 is 10.2 Å². The van der Waals surface area contributed by atoms with Gasteiger partial charge in [0.15, 0.2) is 0 Å². The summed E-state index contributed by atoms with van der Waals surface area (Å²) in [5, 5.41) is 3.81. The van der Waals surface area contributed by atoms with Crippen LogP contribution in [0.1, 0.15) is 19.8 Å². The summed E-state index contributed by atoms with van der Waals surface area (Å²) in [5.74, 6) is 0. The lowest BCUT2D eigenvalue weighted by Gasteiger charge is -2.18. The fraction of sp³-hybridized carbons (Fsp3) is 0.538. The third-order valence-electron chi connectivity index (χ3n) is 2.75. The molecular weight excluding hydrogens is 298 g/mol. The van der Waals surface area contributed by atoms with Crippen LogP contribution in [0.15, 0.2) is 24.3 Å². The maximum absolute atomic E-state index is 12.1. The standard InChI is InChI=1S/C13H22ClN3O2S/c1-3-9-15-10-4-11-17(2)20(18,19)16-13-7-5-12(14)6-8-13/h5-8,15-16H,3-4,9-11H2,1-2H3. The van der Waals surface area contributed by atoms with Gasteiger partial charge in [0.05, 0.1) is 0 Å². The van der Waals surface area contributed by atoms with E-state index in [1.165, 1.54) is 4.31 Å². The van der Waals surface area contributed by atoms with E-state index in [1.807, 2.05) is 0 Å². The predicted molar refractivity (Wildman–Crippen MR) is 84.4 cm³/mol. The SMILES string of the molecule is CCCNCCCN(C)S(=O)(=O)Nc1ccc(Cl)cc1. The molecule has 0 saturated carbocycles. The number of halogens is 1. The van der Waals surface area contributed by atoms with Crippen LogP contribution in [0.5, 0.6) is 0 Å². The first kappa shape index (κ1) is 17.2. The second kappa shape index (κ2) is 8.46. The first-order valence-corrected chi connectivity index (χ1v) is 8.48. The van der Waals surface area contributed by atoms with Crippen LogP contribution in [0.2, 0.25) is 5.02 Å². The van der Waals surface area contributed by atoms with Crippen molar-refractivity contribution < 1.29 is 8.42 Å². The van der Waals surface area contributed by atoms with Crippen molar-refractivity contribution in [2.45, 2.75) is 19.8 Å². The molecule has 0 atom stereocenters. The topological polar surface area (TPSA) is 61.4 Å². The summed E-state index contributed by atoms with van der Waals surface area (Å²) >= 11 is 5.76. The molecule has 0 heterocycles. The van der Waals surface area contributed by atoms with Crippen molar-refractivity contribution in [2.24, 2.45) is 0 Å². The van der Waals surface area contributed by atoms with Crippen molar-refractivity contribution in [2.75, 3.05) is 31.4 Å². The molecule has 0 fully saturated rings. The highest BCUT2D eigenvalue weighted by Crippen LogP contribution is 2.15. The lowest BCUT2D eigenvalue weighted by molar-refractivity contribution is 0.458. The van der Waals surface area contributed by atoms with Gasteiger partial charge in [0.25, 0.3) is 0 Å². The first-order chi connectivity index (χ1) is 9.45. The Labute approximate surface area is 126 Å². The average molecular weight is 320 g/mol. The second-order valence-electron chi connectivity index (χ2n) is 4.54. The normalized spacial score (nSPS) is 11.8. The van der Waals surface area contributed by atoms with E-state index in [1.54, 1.807) is 31.3 Å². The number of nitrogens with zero attached hydrogens (tertiary/aromatic N) is 1. The van der Waals surface area contributed by atoms with Crippen LogP contribution in [0.3, 0.4) is 0 Å². The predicted octanol–water partition coefficient (Wildman–Crippen LogP) is 2.32. The highest BCUT2D eigenvalue weighted by Gasteiger charge is 2.16. The fourth-order valence-electron chi connectivity index (χ4n) is 1.59. The Morgan fingerprint density at radius 2 is 1.85 bits per heavy atom. The van der Waals surface area contributed by atoms with Crippen LogP contribution >= 0.6 is 11.6 Å². The third-order valence-corrected chi connectivity index (χ3v) is 4.50. The lowest BCUT2D eigenvalue weighted by Crippen LogP contribution is -2.34. The number of anilines is 1. The number of hydrogen-bond acceptors (Lipinski definition) is 3. The van der Waals surface area contributed by atoms with Crippen molar-refractivity contribution in [3.8, 4) is 0 Å². The zero-order chi connectivity index (χ0) is 15.0. The summed E-state index contributed by atoms with van der Waals surface area (Å²) in [6.45, 7) is 4.34. The van der Waals surface area contributed by atoms with E-state index in [0.29, 0.717) is 17.3 Å². The maximum Gasteiger partial charge on any atom is 0.301 e. The second-order valence-corrected chi connectivity index (χ2v) is 6.75. The molecule has 1 rings (SSSR count).